The summed E-state index contributed by atoms with van der Waals surface area (Å²) in [5.41, 5.74) is 2.44. The number of nitrogens with one attached hydrogen (secondary N) is 1. The van der Waals surface area contributed by atoms with Gasteiger partial charge in [0, 0.05) is 22.3 Å². The molecule has 0 radical (unpaired) electrons. The molecule has 1 fully saturated rings. The van der Waals surface area contributed by atoms with E-state index in [-0.39, 0.29) is 23.5 Å². The zero-order valence-corrected chi connectivity index (χ0v) is 15.7. The third-order valence-electron chi connectivity index (χ3n) is 4.25. The molecule has 1 aromatic heterocycles. The molecule has 6 nitrogen and oxygen atoms in total. The Morgan fingerprint density at radius 2 is 2.12 bits per heavy atom. The lowest BCUT2D eigenvalue weighted by Gasteiger charge is -2.13. The summed E-state index contributed by atoms with van der Waals surface area (Å²) in [5, 5.41) is 6.79. The van der Waals surface area contributed by atoms with Gasteiger partial charge < -0.3 is 9.84 Å². The van der Waals surface area contributed by atoms with Gasteiger partial charge in [0.2, 0.25) is 0 Å². The van der Waals surface area contributed by atoms with Crippen LogP contribution >= 0.6 is 11.8 Å². The second kappa shape index (κ2) is 7.21. The number of aryl methyl sites for hydroxylation is 2. The minimum Gasteiger partial charge on any atom is -0.361 e. The van der Waals surface area contributed by atoms with E-state index in [1.165, 1.54) is 0 Å². The number of rotatable bonds is 5. The van der Waals surface area contributed by atoms with E-state index in [0.717, 1.165) is 21.9 Å². The highest BCUT2D eigenvalue weighted by atomic mass is 32.2. The van der Waals surface area contributed by atoms with E-state index < -0.39 is 9.84 Å². The summed E-state index contributed by atoms with van der Waals surface area (Å²) in [6, 6.07) is 7.03. The Kier molecular flexibility index (Phi) is 5.19. The van der Waals surface area contributed by atoms with E-state index >= 15 is 0 Å². The first kappa shape index (κ1) is 18.0. The quantitative estimate of drug-likeness (QED) is 0.802. The third-order valence-corrected chi connectivity index (χ3v) is 7.12. The van der Waals surface area contributed by atoms with Crippen molar-refractivity contribution in [2.24, 2.45) is 0 Å². The average Bonchev–Trinajstić information content (AvgIpc) is 3.07. The van der Waals surface area contributed by atoms with Gasteiger partial charge in [0.1, 0.15) is 5.76 Å². The zero-order chi connectivity index (χ0) is 18.0. The molecule has 1 saturated heterocycles. The fraction of sp³-hybridized carbons (Fsp3) is 0.412. The molecule has 1 amide bonds. The van der Waals surface area contributed by atoms with Crippen molar-refractivity contribution in [3.05, 3.63) is 46.8 Å². The first-order valence-electron chi connectivity index (χ1n) is 8.00. The van der Waals surface area contributed by atoms with Crippen LogP contribution < -0.4 is 5.32 Å². The van der Waals surface area contributed by atoms with Gasteiger partial charge in [-0.3, -0.25) is 4.79 Å². The molecule has 1 aliphatic rings. The largest absolute Gasteiger partial charge is 0.361 e. The van der Waals surface area contributed by atoms with Gasteiger partial charge in [0.05, 0.1) is 22.8 Å². The van der Waals surface area contributed by atoms with E-state index in [4.69, 9.17) is 4.52 Å². The van der Waals surface area contributed by atoms with Crippen LogP contribution in [0, 0.1) is 13.8 Å². The predicted molar refractivity (Wildman–Crippen MR) is 96.5 cm³/mol. The van der Waals surface area contributed by atoms with Gasteiger partial charge in [-0.25, -0.2) is 8.42 Å². The molecule has 0 unspecified atom stereocenters. The highest BCUT2D eigenvalue weighted by Crippen LogP contribution is 2.29. The molecule has 1 aromatic carbocycles. The van der Waals surface area contributed by atoms with Crippen LogP contribution in [0.3, 0.4) is 0 Å². The molecular weight excluding hydrogens is 360 g/mol. The number of carbonyl (C=O) groups is 1. The van der Waals surface area contributed by atoms with Crippen LogP contribution in [0.5, 0.6) is 0 Å². The summed E-state index contributed by atoms with van der Waals surface area (Å²) in [5.74, 6) is 1.36. The standard InChI is InChI=1S/C17H20N2O4S2/c1-11-15(12(2)23-19-11)9-24-16-6-4-3-5-14(16)17(20)18-13-7-8-25(21,22)10-13/h3-6,13H,7-10H2,1-2H3,(H,18,20)/t13-/m1/s1. The molecule has 0 aliphatic carbocycles. The predicted octanol–water partition coefficient (Wildman–Crippen LogP) is 2.50. The van der Waals surface area contributed by atoms with E-state index in [1.54, 1.807) is 23.9 Å². The molecule has 2 aromatic rings. The first-order chi connectivity index (χ1) is 11.9. The van der Waals surface area contributed by atoms with E-state index in [9.17, 15) is 13.2 Å². The van der Waals surface area contributed by atoms with Gasteiger partial charge in [-0.1, -0.05) is 17.3 Å². The van der Waals surface area contributed by atoms with Crippen molar-refractivity contribution in [3.8, 4) is 0 Å². The van der Waals surface area contributed by atoms with Crippen molar-refractivity contribution >= 4 is 27.5 Å². The first-order valence-corrected chi connectivity index (χ1v) is 10.8. The van der Waals surface area contributed by atoms with Crippen molar-refractivity contribution in [1.29, 1.82) is 0 Å². The lowest BCUT2D eigenvalue weighted by Crippen LogP contribution is -2.35. The summed E-state index contributed by atoms with van der Waals surface area (Å²) in [4.78, 5) is 13.4. The van der Waals surface area contributed by atoms with Crippen LogP contribution in [-0.2, 0) is 15.6 Å². The van der Waals surface area contributed by atoms with Gasteiger partial charge in [0.25, 0.3) is 5.91 Å². The normalized spacial score (nSPS) is 19.0. The van der Waals surface area contributed by atoms with Crippen LogP contribution in [-0.4, -0.2) is 37.0 Å². The number of thioether (sulfide) groups is 1. The average molecular weight is 380 g/mol. The lowest BCUT2D eigenvalue weighted by atomic mass is 10.2. The van der Waals surface area contributed by atoms with Crippen molar-refractivity contribution in [2.75, 3.05) is 11.5 Å². The van der Waals surface area contributed by atoms with Crippen LogP contribution in [0.25, 0.3) is 0 Å². The van der Waals surface area contributed by atoms with Crippen LogP contribution in [0.15, 0.2) is 33.7 Å². The lowest BCUT2D eigenvalue weighted by molar-refractivity contribution is 0.0938. The summed E-state index contributed by atoms with van der Waals surface area (Å²) in [7, 11) is -3.02. The number of sulfone groups is 1. The zero-order valence-electron chi connectivity index (χ0n) is 14.1. The number of amides is 1. The second-order valence-corrected chi connectivity index (χ2v) is 9.41. The molecule has 25 heavy (non-hydrogen) atoms. The third kappa shape index (κ3) is 4.24. The molecule has 1 atom stereocenters. The van der Waals surface area contributed by atoms with Crippen molar-refractivity contribution in [1.82, 2.24) is 10.5 Å². The summed E-state index contributed by atoms with van der Waals surface area (Å²) in [6.07, 6.45) is 0.475. The van der Waals surface area contributed by atoms with Crippen LogP contribution in [0.1, 0.15) is 33.8 Å². The second-order valence-electron chi connectivity index (χ2n) is 6.16. The highest BCUT2D eigenvalue weighted by Gasteiger charge is 2.29. The smallest absolute Gasteiger partial charge is 0.252 e. The fourth-order valence-corrected chi connectivity index (χ4v) is 5.69. The Morgan fingerprint density at radius 3 is 2.76 bits per heavy atom. The SMILES string of the molecule is Cc1noc(C)c1CSc1ccccc1C(=O)N[C@@H]1CCS(=O)(=O)C1. The topological polar surface area (TPSA) is 89.3 Å². The Labute approximate surface area is 151 Å². The number of hydrogen-bond acceptors (Lipinski definition) is 6. The summed E-state index contributed by atoms with van der Waals surface area (Å²) < 4.78 is 28.3. The Morgan fingerprint density at radius 1 is 1.36 bits per heavy atom. The fourth-order valence-electron chi connectivity index (χ4n) is 2.81. The number of hydrogen-bond donors (Lipinski definition) is 1. The van der Waals surface area contributed by atoms with Gasteiger partial charge in [-0.05, 0) is 32.4 Å². The Balaban J connectivity index is 1.71. The van der Waals surface area contributed by atoms with Crippen molar-refractivity contribution in [3.63, 3.8) is 0 Å². The molecule has 2 heterocycles. The van der Waals surface area contributed by atoms with Gasteiger partial charge in [0.15, 0.2) is 9.84 Å². The van der Waals surface area contributed by atoms with Crippen molar-refractivity contribution in [2.45, 2.75) is 37.0 Å². The molecule has 1 N–H and O–H groups in total. The number of carbonyl (C=O) groups excluding carboxylic acids is 1. The molecule has 134 valence electrons. The number of nitrogens with zero attached hydrogens (tertiary/aromatic N) is 1. The minimum atomic E-state index is -3.02. The van der Waals surface area contributed by atoms with Crippen molar-refractivity contribution < 1.29 is 17.7 Å². The maximum Gasteiger partial charge on any atom is 0.252 e. The monoisotopic (exact) mass is 380 g/mol. The van der Waals surface area contributed by atoms with Gasteiger partial charge in [-0.2, -0.15) is 0 Å². The Bertz CT molecular complexity index is 870. The maximum absolute atomic E-state index is 12.6. The van der Waals surface area contributed by atoms with Gasteiger partial charge in [-0.15, -0.1) is 11.8 Å². The molecule has 3 rings (SSSR count). The molecule has 0 saturated carbocycles. The van der Waals surface area contributed by atoms with Crippen LogP contribution in [0.4, 0.5) is 0 Å². The molecule has 0 bridgehead atoms. The van der Waals surface area contributed by atoms with E-state index in [0.29, 0.717) is 17.7 Å². The highest BCUT2D eigenvalue weighted by molar-refractivity contribution is 7.98. The summed E-state index contributed by atoms with van der Waals surface area (Å²) >= 11 is 1.54. The Hall–Kier alpha value is -1.80. The molecule has 0 spiro atoms. The minimum absolute atomic E-state index is 0.0210. The summed E-state index contributed by atoms with van der Waals surface area (Å²) in [6.45, 7) is 3.76. The van der Waals surface area contributed by atoms with E-state index in [1.807, 2.05) is 26.0 Å². The maximum atomic E-state index is 12.6. The molecule has 8 heteroatoms. The van der Waals surface area contributed by atoms with E-state index in [2.05, 4.69) is 10.5 Å². The number of aromatic nitrogens is 1. The molecular formula is C17H20N2O4S2. The molecule has 1 aliphatic heterocycles. The van der Waals surface area contributed by atoms with Gasteiger partial charge >= 0.3 is 0 Å². The van der Waals surface area contributed by atoms with Crippen LogP contribution in [0.2, 0.25) is 0 Å². The number of benzene rings is 1.